The summed E-state index contributed by atoms with van der Waals surface area (Å²) >= 11 is 4.98. The van der Waals surface area contributed by atoms with Gasteiger partial charge in [0.25, 0.3) is 0 Å². The predicted octanol–water partition coefficient (Wildman–Crippen LogP) is 3.90. The number of hydrogen-bond acceptors (Lipinski definition) is 2. The maximum Gasteiger partial charge on any atom is 0.115 e. The molecule has 0 saturated heterocycles. The van der Waals surface area contributed by atoms with Crippen molar-refractivity contribution in [3.8, 4) is 5.75 Å². The Balaban J connectivity index is 0.000000132. The van der Waals surface area contributed by atoms with E-state index < -0.39 is 0 Å². The zero-order valence-electron chi connectivity index (χ0n) is 6.85. The fraction of sp³-hybridized carbons (Fsp3) is 0. The van der Waals surface area contributed by atoms with E-state index in [1.807, 2.05) is 22.9 Å². The molecule has 2 aromatic rings. The minimum Gasteiger partial charge on any atom is -0.508 e. The molecule has 0 saturated carbocycles. The van der Waals surface area contributed by atoms with Gasteiger partial charge in [0.05, 0.1) is 0 Å². The minimum atomic E-state index is 0.322. The molecule has 0 amide bonds. The molecular weight excluding hydrogens is 248 g/mol. The van der Waals surface area contributed by atoms with E-state index in [9.17, 15) is 0 Å². The van der Waals surface area contributed by atoms with E-state index in [1.54, 1.807) is 35.6 Å². The summed E-state index contributed by atoms with van der Waals surface area (Å²) in [7, 11) is 0. The number of hydrogen-bond donors (Lipinski definition) is 1. The Labute approximate surface area is 89.8 Å². The first-order chi connectivity index (χ1) is 6.29. The number of aromatic hydroxyl groups is 1. The summed E-state index contributed by atoms with van der Waals surface area (Å²) in [6.45, 7) is 0. The summed E-state index contributed by atoms with van der Waals surface area (Å²) in [6.07, 6.45) is 0. The molecule has 0 radical (unpaired) electrons. The largest absolute Gasteiger partial charge is 0.508 e. The lowest BCUT2D eigenvalue weighted by Gasteiger charge is -1.82. The van der Waals surface area contributed by atoms with Crippen molar-refractivity contribution >= 4 is 27.3 Å². The number of phenols is 1. The molecule has 0 aliphatic rings. The van der Waals surface area contributed by atoms with Gasteiger partial charge in [-0.05, 0) is 39.5 Å². The van der Waals surface area contributed by atoms with Crippen LogP contribution in [0.2, 0.25) is 0 Å². The zero-order valence-corrected chi connectivity index (χ0v) is 9.25. The van der Waals surface area contributed by atoms with Gasteiger partial charge in [-0.2, -0.15) is 11.3 Å². The third-order valence-electron chi connectivity index (χ3n) is 1.24. The lowest BCUT2D eigenvalue weighted by atomic mass is 10.3. The predicted molar refractivity (Wildman–Crippen MR) is 60.1 cm³/mol. The van der Waals surface area contributed by atoms with E-state index in [4.69, 9.17) is 5.11 Å². The monoisotopic (exact) mass is 256 g/mol. The molecule has 0 unspecified atom stereocenters. The molecule has 1 aromatic carbocycles. The fourth-order valence-corrected chi connectivity index (χ4v) is 1.82. The Bertz CT molecular complexity index is 318. The van der Waals surface area contributed by atoms with Crippen LogP contribution in [-0.4, -0.2) is 5.11 Å². The molecule has 0 bridgehead atoms. The van der Waals surface area contributed by atoms with Gasteiger partial charge in [-0.3, -0.25) is 0 Å². The molecule has 0 atom stereocenters. The number of para-hydroxylation sites is 1. The Morgan fingerprint density at radius 2 is 1.77 bits per heavy atom. The highest BCUT2D eigenvalue weighted by Gasteiger charge is 1.77. The lowest BCUT2D eigenvalue weighted by Crippen LogP contribution is -1.56. The average molecular weight is 257 g/mol. The zero-order chi connectivity index (χ0) is 9.52. The quantitative estimate of drug-likeness (QED) is 0.758. The van der Waals surface area contributed by atoms with Gasteiger partial charge in [0, 0.05) is 9.85 Å². The molecule has 1 N–H and O–H groups in total. The van der Waals surface area contributed by atoms with Crippen molar-refractivity contribution in [3.05, 3.63) is 51.6 Å². The van der Waals surface area contributed by atoms with E-state index in [1.165, 1.54) is 4.47 Å². The topological polar surface area (TPSA) is 20.2 Å². The highest BCUT2D eigenvalue weighted by molar-refractivity contribution is 9.10. The van der Waals surface area contributed by atoms with Crippen LogP contribution in [0.25, 0.3) is 0 Å². The third-order valence-corrected chi connectivity index (χ3v) is 2.72. The van der Waals surface area contributed by atoms with E-state index >= 15 is 0 Å². The molecule has 0 fully saturated rings. The number of phenolic OH excluding ortho intramolecular Hbond substituents is 1. The molecule has 13 heavy (non-hydrogen) atoms. The van der Waals surface area contributed by atoms with E-state index in [2.05, 4.69) is 15.9 Å². The normalized spacial score (nSPS) is 8.69. The summed E-state index contributed by atoms with van der Waals surface area (Å²) in [5.41, 5.74) is 0. The van der Waals surface area contributed by atoms with Crippen molar-refractivity contribution in [2.24, 2.45) is 0 Å². The van der Waals surface area contributed by atoms with Gasteiger partial charge >= 0.3 is 0 Å². The van der Waals surface area contributed by atoms with Crippen LogP contribution in [0.4, 0.5) is 0 Å². The van der Waals surface area contributed by atoms with Crippen molar-refractivity contribution in [3.63, 3.8) is 0 Å². The first-order valence-electron chi connectivity index (χ1n) is 3.71. The lowest BCUT2D eigenvalue weighted by molar-refractivity contribution is 0.475. The van der Waals surface area contributed by atoms with Crippen LogP contribution < -0.4 is 0 Å². The molecule has 2 rings (SSSR count). The van der Waals surface area contributed by atoms with Crippen LogP contribution in [-0.2, 0) is 0 Å². The van der Waals surface area contributed by atoms with Crippen LogP contribution in [0.5, 0.6) is 5.75 Å². The molecule has 1 heterocycles. The standard InChI is InChI=1S/C6H6O.C4H3BrS/c7-6-4-2-1-3-5-6;5-4-1-2-6-3-4/h1-5,7H;1-3H. The van der Waals surface area contributed by atoms with Crippen molar-refractivity contribution < 1.29 is 5.11 Å². The van der Waals surface area contributed by atoms with Gasteiger partial charge in [-0.1, -0.05) is 18.2 Å². The van der Waals surface area contributed by atoms with Crippen molar-refractivity contribution in [2.45, 2.75) is 0 Å². The van der Waals surface area contributed by atoms with Crippen LogP contribution in [0.1, 0.15) is 0 Å². The summed E-state index contributed by atoms with van der Waals surface area (Å²) in [5, 5.41) is 12.7. The second-order valence-corrected chi connectivity index (χ2v) is 3.97. The number of thiophene rings is 1. The summed E-state index contributed by atoms with van der Waals surface area (Å²) in [6, 6.07) is 10.7. The van der Waals surface area contributed by atoms with Gasteiger partial charge in [-0.25, -0.2) is 0 Å². The first-order valence-corrected chi connectivity index (χ1v) is 5.44. The Kier molecular flexibility index (Phi) is 4.57. The highest BCUT2D eigenvalue weighted by atomic mass is 79.9. The third kappa shape index (κ3) is 4.70. The summed E-state index contributed by atoms with van der Waals surface area (Å²) in [4.78, 5) is 0. The van der Waals surface area contributed by atoms with Crippen molar-refractivity contribution in [2.75, 3.05) is 0 Å². The average Bonchev–Trinajstić information content (AvgIpc) is 2.58. The van der Waals surface area contributed by atoms with Crippen molar-refractivity contribution in [1.29, 1.82) is 0 Å². The minimum absolute atomic E-state index is 0.322. The first kappa shape index (κ1) is 10.3. The second-order valence-electron chi connectivity index (χ2n) is 2.28. The van der Waals surface area contributed by atoms with E-state index in [-0.39, 0.29) is 0 Å². The highest BCUT2D eigenvalue weighted by Crippen LogP contribution is 2.11. The van der Waals surface area contributed by atoms with Gasteiger partial charge in [0.1, 0.15) is 5.75 Å². The van der Waals surface area contributed by atoms with Crippen molar-refractivity contribution in [1.82, 2.24) is 0 Å². The second kappa shape index (κ2) is 5.78. The van der Waals surface area contributed by atoms with E-state index in [0.29, 0.717) is 5.75 Å². The Morgan fingerprint density at radius 3 is 2.00 bits per heavy atom. The maximum atomic E-state index is 8.63. The Morgan fingerprint density at radius 1 is 1.08 bits per heavy atom. The SMILES string of the molecule is Brc1ccsc1.Oc1ccccc1. The Hall–Kier alpha value is -0.800. The molecular formula is C10H9BrOS. The number of benzene rings is 1. The smallest absolute Gasteiger partial charge is 0.115 e. The molecule has 68 valence electrons. The molecule has 0 spiro atoms. The molecule has 1 nitrogen and oxygen atoms in total. The molecule has 0 aliphatic heterocycles. The van der Waals surface area contributed by atoms with Crippen LogP contribution >= 0.6 is 27.3 Å². The summed E-state index contributed by atoms with van der Waals surface area (Å²) in [5.74, 6) is 0.322. The summed E-state index contributed by atoms with van der Waals surface area (Å²) < 4.78 is 1.17. The van der Waals surface area contributed by atoms with Crippen LogP contribution in [0.3, 0.4) is 0 Å². The number of rotatable bonds is 0. The van der Waals surface area contributed by atoms with Gasteiger partial charge < -0.3 is 5.11 Å². The fourth-order valence-electron chi connectivity index (χ4n) is 0.676. The van der Waals surface area contributed by atoms with E-state index in [0.717, 1.165) is 0 Å². The molecule has 1 aromatic heterocycles. The maximum absolute atomic E-state index is 8.63. The molecule has 0 aliphatic carbocycles. The molecule has 3 heteroatoms. The van der Waals surface area contributed by atoms with Crippen LogP contribution in [0, 0.1) is 0 Å². The van der Waals surface area contributed by atoms with Gasteiger partial charge in [0.15, 0.2) is 0 Å². The number of halogens is 1. The van der Waals surface area contributed by atoms with Crippen LogP contribution in [0.15, 0.2) is 51.6 Å². The van der Waals surface area contributed by atoms with Gasteiger partial charge in [-0.15, -0.1) is 0 Å². The van der Waals surface area contributed by atoms with Gasteiger partial charge in [0.2, 0.25) is 0 Å².